The van der Waals surface area contributed by atoms with Crippen molar-refractivity contribution in [2.75, 3.05) is 6.54 Å². The maximum absolute atomic E-state index is 12.9. The Kier molecular flexibility index (Phi) is 5.64. The van der Waals surface area contributed by atoms with Crippen LogP contribution in [0, 0.1) is 0 Å². The Morgan fingerprint density at radius 1 is 1.15 bits per heavy atom. The highest BCUT2D eigenvalue weighted by Crippen LogP contribution is 2.29. The summed E-state index contributed by atoms with van der Waals surface area (Å²) in [6.07, 6.45) is 4.96. The maximum atomic E-state index is 12.9. The van der Waals surface area contributed by atoms with Crippen LogP contribution in [-0.2, 0) is 9.84 Å². The summed E-state index contributed by atoms with van der Waals surface area (Å²) >= 11 is 3.35. The minimum Gasteiger partial charge on any atom is -0.313 e. The summed E-state index contributed by atoms with van der Waals surface area (Å²) in [5.74, 6) is 0. The molecule has 1 aliphatic rings. The van der Waals surface area contributed by atoms with Crippen LogP contribution in [0.15, 0.2) is 33.6 Å². The van der Waals surface area contributed by atoms with E-state index in [2.05, 4.69) is 21.2 Å². The highest BCUT2D eigenvalue weighted by molar-refractivity contribution is 9.10. The summed E-state index contributed by atoms with van der Waals surface area (Å²) in [5.41, 5.74) is 0. The molecule has 1 aromatic rings. The van der Waals surface area contributed by atoms with Crippen molar-refractivity contribution >= 4 is 25.8 Å². The third-order valence-electron chi connectivity index (χ3n) is 3.96. The molecular weight excluding hydrogens is 338 g/mol. The quantitative estimate of drug-likeness (QED) is 0.836. The molecule has 1 N–H and O–H groups in total. The number of hydrogen-bond acceptors (Lipinski definition) is 3. The van der Waals surface area contributed by atoms with E-state index < -0.39 is 9.84 Å². The molecular formula is C15H22BrNO2S. The fourth-order valence-electron chi connectivity index (χ4n) is 2.94. The Morgan fingerprint density at radius 3 is 2.45 bits per heavy atom. The standard InChI is InChI=1S/C15H22BrNO2S/c1-2-17-14-6-4-3-5-7-15(14)20(18,19)13-10-8-12(16)9-11-13/h8-11,14-15,17H,2-7H2,1H3. The predicted octanol–water partition coefficient (Wildman–Crippen LogP) is 3.53. The summed E-state index contributed by atoms with van der Waals surface area (Å²) < 4.78 is 26.7. The normalized spacial score (nSPS) is 24.3. The SMILES string of the molecule is CCNC1CCCCCC1S(=O)(=O)c1ccc(Br)cc1. The van der Waals surface area contributed by atoms with Crippen molar-refractivity contribution in [3.63, 3.8) is 0 Å². The van der Waals surface area contributed by atoms with Gasteiger partial charge in [0.1, 0.15) is 0 Å². The second-order valence-corrected chi connectivity index (χ2v) is 8.42. The van der Waals surface area contributed by atoms with Crippen molar-refractivity contribution < 1.29 is 8.42 Å². The van der Waals surface area contributed by atoms with Gasteiger partial charge < -0.3 is 5.32 Å². The van der Waals surface area contributed by atoms with Crippen LogP contribution in [0.3, 0.4) is 0 Å². The average Bonchev–Trinajstić information content (AvgIpc) is 2.65. The third kappa shape index (κ3) is 3.62. The van der Waals surface area contributed by atoms with E-state index in [-0.39, 0.29) is 11.3 Å². The predicted molar refractivity (Wildman–Crippen MR) is 85.7 cm³/mol. The molecule has 1 saturated carbocycles. The second-order valence-electron chi connectivity index (χ2n) is 5.34. The Morgan fingerprint density at radius 2 is 1.80 bits per heavy atom. The fourth-order valence-corrected chi connectivity index (χ4v) is 5.21. The van der Waals surface area contributed by atoms with Gasteiger partial charge in [0.05, 0.1) is 10.1 Å². The van der Waals surface area contributed by atoms with Crippen molar-refractivity contribution in [2.24, 2.45) is 0 Å². The first-order valence-electron chi connectivity index (χ1n) is 7.28. The molecule has 2 unspecified atom stereocenters. The minimum absolute atomic E-state index is 0.0798. The molecule has 3 nitrogen and oxygen atoms in total. The molecule has 0 bridgehead atoms. The lowest BCUT2D eigenvalue weighted by atomic mass is 10.1. The molecule has 2 rings (SSSR count). The highest BCUT2D eigenvalue weighted by Gasteiger charge is 2.34. The van der Waals surface area contributed by atoms with Crippen molar-refractivity contribution in [1.29, 1.82) is 0 Å². The monoisotopic (exact) mass is 359 g/mol. The first kappa shape index (κ1) is 16.0. The third-order valence-corrected chi connectivity index (χ3v) is 6.78. The van der Waals surface area contributed by atoms with Gasteiger partial charge in [-0.15, -0.1) is 0 Å². The van der Waals surface area contributed by atoms with Gasteiger partial charge in [0.15, 0.2) is 9.84 Å². The van der Waals surface area contributed by atoms with E-state index in [0.717, 1.165) is 43.1 Å². The lowest BCUT2D eigenvalue weighted by Crippen LogP contribution is -2.43. The van der Waals surface area contributed by atoms with Crippen LogP contribution in [0.25, 0.3) is 0 Å². The van der Waals surface area contributed by atoms with Crippen LogP contribution in [0.1, 0.15) is 39.0 Å². The molecule has 20 heavy (non-hydrogen) atoms. The fraction of sp³-hybridized carbons (Fsp3) is 0.600. The van der Waals surface area contributed by atoms with Crippen LogP contribution in [0.4, 0.5) is 0 Å². The van der Waals surface area contributed by atoms with E-state index in [0.29, 0.717) is 4.90 Å². The van der Waals surface area contributed by atoms with E-state index in [9.17, 15) is 8.42 Å². The lowest BCUT2D eigenvalue weighted by molar-refractivity contribution is 0.460. The molecule has 1 aromatic carbocycles. The summed E-state index contributed by atoms with van der Waals surface area (Å²) in [4.78, 5) is 0.440. The summed E-state index contributed by atoms with van der Waals surface area (Å²) in [7, 11) is -3.26. The Bertz CT molecular complexity index is 527. The van der Waals surface area contributed by atoms with Gasteiger partial charge >= 0.3 is 0 Å². The largest absolute Gasteiger partial charge is 0.313 e. The number of benzene rings is 1. The van der Waals surface area contributed by atoms with Crippen molar-refractivity contribution in [3.05, 3.63) is 28.7 Å². The molecule has 0 radical (unpaired) electrons. The van der Waals surface area contributed by atoms with Gasteiger partial charge in [-0.3, -0.25) is 0 Å². The number of sulfone groups is 1. The zero-order valence-corrected chi connectivity index (χ0v) is 14.2. The van der Waals surface area contributed by atoms with Gasteiger partial charge in [-0.1, -0.05) is 42.1 Å². The van der Waals surface area contributed by atoms with Gasteiger partial charge in [0.2, 0.25) is 0 Å². The van der Waals surface area contributed by atoms with E-state index in [1.807, 2.05) is 6.92 Å². The minimum atomic E-state index is -3.26. The lowest BCUT2D eigenvalue weighted by Gasteiger charge is -2.25. The molecule has 0 aromatic heterocycles. The van der Waals surface area contributed by atoms with E-state index in [1.54, 1.807) is 24.3 Å². The summed E-state index contributed by atoms with van der Waals surface area (Å²) in [5, 5.41) is 3.07. The number of hydrogen-bond donors (Lipinski definition) is 1. The molecule has 0 spiro atoms. The van der Waals surface area contributed by atoms with Crippen molar-refractivity contribution in [1.82, 2.24) is 5.32 Å². The number of rotatable bonds is 4. The van der Waals surface area contributed by atoms with E-state index in [1.165, 1.54) is 0 Å². The van der Waals surface area contributed by atoms with Gasteiger partial charge in [-0.25, -0.2) is 8.42 Å². The van der Waals surface area contributed by atoms with Crippen molar-refractivity contribution in [2.45, 2.75) is 55.2 Å². The Hall–Kier alpha value is -0.390. The first-order valence-corrected chi connectivity index (χ1v) is 9.62. The molecule has 0 heterocycles. The van der Waals surface area contributed by atoms with Crippen LogP contribution in [0.2, 0.25) is 0 Å². The Labute approximate surface area is 130 Å². The Balaban J connectivity index is 2.31. The topological polar surface area (TPSA) is 46.2 Å². The zero-order valence-electron chi connectivity index (χ0n) is 11.8. The van der Waals surface area contributed by atoms with Gasteiger partial charge in [-0.05, 0) is 43.7 Å². The second kappa shape index (κ2) is 7.05. The molecule has 0 saturated heterocycles. The molecule has 0 aliphatic heterocycles. The van der Waals surface area contributed by atoms with E-state index >= 15 is 0 Å². The van der Waals surface area contributed by atoms with E-state index in [4.69, 9.17) is 0 Å². The maximum Gasteiger partial charge on any atom is 0.182 e. The molecule has 2 atom stereocenters. The number of nitrogens with one attached hydrogen (secondary N) is 1. The zero-order chi connectivity index (χ0) is 14.6. The van der Waals surface area contributed by atoms with Crippen LogP contribution in [0.5, 0.6) is 0 Å². The van der Waals surface area contributed by atoms with Gasteiger partial charge in [0.25, 0.3) is 0 Å². The van der Waals surface area contributed by atoms with Gasteiger partial charge in [0, 0.05) is 10.5 Å². The summed E-state index contributed by atoms with van der Waals surface area (Å²) in [6.45, 7) is 2.85. The molecule has 1 aliphatic carbocycles. The molecule has 112 valence electrons. The average molecular weight is 360 g/mol. The first-order chi connectivity index (χ1) is 9.55. The molecule has 0 amide bonds. The van der Waals surface area contributed by atoms with Crippen LogP contribution in [-0.4, -0.2) is 26.3 Å². The van der Waals surface area contributed by atoms with Crippen LogP contribution < -0.4 is 5.32 Å². The smallest absolute Gasteiger partial charge is 0.182 e. The van der Waals surface area contributed by atoms with Gasteiger partial charge in [-0.2, -0.15) is 0 Å². The van der Waals surface area contributed by atoms with Crippen LogP contribution >= 0.6 is 15.9 Å². The molecule has 5 heteroatoms. The van der Waals surface area contributed by atoms with Crippen molar-refractivity contribution in [3.8, 4) is 0 Å². The summed E-state index contributed by atoms with van der Waals surface area (Å²) in [6, 6.07) is 7.08. The molecule has 1 fully saturated rings. The highest BCUT2D eigenvalue weighted by atomic mass is 79.9. The number of halogens is 1.